The molecule has 0 aliphatic carbocycles. The number of amides is 1. The van der Waals surface area contributed by atoms with Gasteiger partial charge in [0.1, 0.15) is 0 Å². The van der Waals surface area contributed by atoms with Crippen LogP contribution in [-0.4, -0.2) is 39.3 Å². The van der Waals surface area contributed by atoms with E-state index in [4.69, 9.17) is 0 Å². The SMILES string of the molecule is Cc1cn2c(=O)cc(CN3CCN(c4ccccc4)C(=O)[C@@H]3C)nc2s1. The molecule has 1 aliphatic heterocycles. The van der Waals surface area contributed by atoms with Crippen LogP contribution in [0.15, 0.2) is 47.4 Å². The first-order chi connectivity index (χ1) is 12.5. The van der Waals surface area contributed by atoms with Crippen molar-refractivity contribution in [1.82, 2.24) is 14.3 Å². The predicted molar refractivity (Wildman–Crippen MR) is 103 cm³/mol. The molecule has 2 aromatic heterocycles. The average Bonchev–Trinajstić information content (AvgIpc) is 3.01. The van der Waals surface area contributed by atoms with E-state index in [1.54, 1.807) is 10.5 Å². The van der Waals surface area contributed by atoms with E-state index in [1.165, 1.54) is 11.3 Å². The van der Waals surface area contributed by atoms with Gasteiger partial charge in [-0.3, -0.25) is 18.9 Å². The van der Waals surface area contributed by atoms with Crippen LogP contribution in [0, 0.1) is 6.92 Å². The number of aromatic nitrogens is 2. The monoisotopic (exact) mass is 368 g/mol. The minimum absolute atomic E-state index is 0.0729. The molecule has 1 aromatic carbocycles. The summed E-state index contributed by atoms with van der Waals surface area (Å²) >= 11 is 1.50. The van der Waals surface area contributed by atoms with Gasteiger partial charge in [-0.25, -0.2) is 4.98 Å². The number of para-hydroxylation sites is 1. The van der Waals surface area contributed by atoms with E-state index in [-0.39, 0.29) is 17.5 Å². The lowest BCUT2D eigenvalue weighted by atomic mass is 10.1. The number of benzene rings is 1. The quantitative estimate of drug-likeness (QED) is 0.712. The van der Waals surface area contributed by atoms with Gasteiger partial charge in [0, 0.05) is 42.5 Å². The van der Waals surface area contributed by atoms with Crippen molar-refractivity contribution in [2.45, 2.75) is 26.4 Å². The molecule has 0 saturated carbocycles. The van der Waals surface area contributed by atoms with Crippen molar-refractivity contribution in [2.24, 2.45) is 0 Å². The van der Waals surface area contributed by atoms with Crippen LogP contribution in [0.3, 0.4) is 0 Å². The second-order valence-electron chi connectivity index (χ2n) is 6.55. The molecular weight excluding hydrogens is 348 g/mol. The number of nitrogens with zero attached hydrogens (tertiary/aromatic N) is 4. The van der Waals surface area contributed by atoms with Crippen LogP contribution in [-0.2, 0) is 11.3 Å². The summed E-state index contributed by atoms with van der Waals surface area (Å²) in [4.78, 5) is 35.3. The summed E-state index contributed by atoms with van der Waals surface area (Å²) in [6.45, 7) is 5.75. The molecule has 1 atom stereocenters. The fraction of sp³-hybridized carbons (Fsp3) is 0.316. The highest BCUT2D eigenvalue weighted by Gasteiger charge is 2.32. The third kappa shape index (κ3) is 3.04. The maximum absolute atomic E-state index is 12.8. The Morgan fingerprint density at radius 1 is 1.19 bits per heavy atom. The zero-order chi connectivity index (χ0) is 18.3. The Hall–Kier alpha value is -2.51. The lowest BCUT2D eigenvalue weighted by molar-refractivity contribution is -0.125. The van der Waals surface area contributed by atoms with Gasteiger partial charge in [0.2, 0.25) is 5.91 Å². The normalized spacial score (nSPS) is 18.6. The smallest absolute Gasteiger partial charge is 0.258 e. The molecule has 26 heavy (non-hydrogen) atoms. The van der Waals surface area contributed by atoms with Crippen molar-refractivity contribution in [3.63, 3.8) is 0 Å². The van der Waals surface area contributed by atoms with Crippen LogP contribution >= 0.6 is 11.3 Å². The summed E-state index contributed by atoms with van der Waals surface area (Å²) in [7, 11) is 0. The minimum Gasteiger partial charge on any atom is -0.310 e. The fourth-order valence-electron chi connectivity index (χ4n) is 3.34. The Morgan fingerprint density at radius 3 is 2.73 bits per heavy atom. The molecule has 0 spiro atoms. The van der Waals surface area contributed by atoms with Gasteiger partial charge in [0.15, 0.2) is 4.96 Å². The molecule has 1 amide bonds. The predicted octanol–water partition coefficient (Wildman–Crippen LogP) is 2.30. The lowest BCUT2D eigenvalue weighted by Crippen LogP contribution is -2.55. The number of aryl methyl sites for hydroxylation is 1. The summed E-state index contributed by atoms with van der Waals surface area (Å²) < 4.78 is 1.57. The molecule has 7 heteroatoms. The van der Waals surface area contributed by atoms with Gasteiger partial charge >= 0.3 is 0 Å². The van der Waals surface area contributed by atoms with E-state index in [0.29, 0.717) is 23.7 Å². The topological polar surface area (TPSA) is 57.9 Å². The summed E-state index contributed by atoms with van der Waals surface area (Å²) in [6, 6.07) is 11.0. The average molecular weight is 368 g/mol. The third-order valence-electron chi connectivity index (χ3n) is 4.75. The van der Waals surface area contributed by atoms with Crippen molar-refractivity contribution in [2.75, 3.05) is 18.0 Å². The third-order valence-corrected chi connectivity index (χ3v) is 5.65. The second-order valence-corrected chi connectivity index (χ2v) is 7.77. The molecule has 1 aliphatic rings. The Kier molecular flexibility index (Phi) is 4.34. The van der Waals surface area contributed by atoms with E-state index in [0.717, 1.165) is 17.1 Å². The van der Waals surface area contributed by atoms with Crippen molar-refractivity contribution in [3.05, 3.63) is 63.5 Å². The molecule has 4 rings (SSSR count). The number of piperazine rings is 1. The molecule has 1 saturated heterocycles. The van der Waals surface area contributed by atoms with Crippen LogP contribution in [0.4, 0.5) is 5.69 Å². The standard InChI is InChI=1S/C19H20N4O2S/c1-13-11-23-17(24)10-15(20-19(23)26-13)12-21-8-9-22(18(25)14(21)2)16-6-4-3-5-7-16/h3-7,10-11,14H,8-9,12H2,1-2H3/t14-/m0/s1. The molecule has 3 heterocycles. The molecule has 0 bridgehead atoms. The van der Waals surface area contributed by atoms with Crippen LogP contribution in [0.1, 0.15) is 17.5 Å². The van der Waals surface area contributed by atoms with Crippen molar-refractivity contribution < 1.29 is 4.79 Å². The Balaban J connectivity index is 1.55. The largest absolute Gasteiger partial charge is 0.310 e. The van der Waals surface area contributed by atoms with Crippen molar-refractivity contribution >= 4 is 27.9 Å². The zero-order valence-electron chi connectivity index (χ0n) is 14.8. The van der Waals surface area contributed by atoms with Crippen molar-refractivity contribution in [1.29, 1.82) is 0 Å². The molecule has 0 radical (unpaired) electrons. The van der Waals surface area contributed by atoms with E-state index < -0.39 is 0 Å². The maximum atomic E-state index is 12.8. The van der Waals surface area contributed by atoms with Crippen LogP contribution in [0.2, 0.25) is 0 Å². The van der Waals surface area contributed by atoms with E-state index in [9.17, 15) is 9.59 Å². The van der Waals surface area contributed by atoms with Gasteiger partial charge in [-0.1, -0.05) is 18.2 Å². The van der Waals surface area contributed by atoms with Gasteiger partial charge in [0.05, 0.1) is 11.7 Å². The maximum Gasteiger partial charge on any atom is 0.258 e. The first-order valence-corrected chi connectivity index (χ1v) is 9.44. The van der Waals surface area contributed by atoms with Gasteiger partial charge in [0.25, 0.3) is 5.56 Å². The Morgan fingerprint density at radius 2 is 1.96 bits per heavy atom. The number of fused-ring (bicyclic) bond motifs is 1. The number of carbonyl (C=O) groups excluding carboxylic acids is 1. The van der Waals surface area contributed by atoms with E-state index >= 15 is 0 Å². The highest BCUT2D eigenvalue weighted by molar-refractivity contribution is 7.16. The molecule has 0 N–H and O–H groups in total. The fourth-order valence-corrected chi connectivity index (χ4v) is 4.19. The number of rotatable bonds is 3. The van der Waals surface area contributed by atoms with Crippen LogP contribution in [0.5, 0.6) is 0 Å². The Bertz CT molecular complexity index is 1010. The highest BCUT2D eigenvalue weighted by Crippen LogP contribution is 2.21. The molecular formula is C19H20N4O2S. The number of hydrogen-bond acceptors (Lipinski definition) is 5. The number of anilines is 1. The second kappa shape index (κ2) is 6.66. The van der Waals surface area contributed by atoms with Crippen LogP contribution in [0.25, 0.3) is 4.96 Å². The van der Waals surface area contributed by atoms with Gasteiger partial charge < -0.3 is 4.90 Å². The summed E-state index contributed by atoms with van der Waals surface area (Å²) in [5, 5.41) is 0. The van der Waals surface area contributed by atoms with Crippen molar-refractivity contribution in [3.8, 4) is 0 Å². The number of carbonyl (C=O) groups is 1. The van der Waals surface area contributed by atoms with E-state index in [2.05, 4.69) is 9.88 Å². The van der Waals surface area contributed by atoms with E-state index in [1.807, 2.05) is 55.3 Å². The zero-order valence-corrected chi connectivity index (χ0v) is 15.6. The van der Waals surface area contributed by atoms with Crippen LogP contribution < -0.4 is 10.5 Å². The van der Waals surface area contributed by atoms with Gasteiger partial charge in [-0.05, 0) is 26.0 Å². The Labute approximate surface area is 155 Å². The highest BCUT2D eigenvalue weighted by atomic mass is 32.1. The summed E-state index contributed by atoms with van der Waals surface area (Å²) in [5.74, 6) is 0.0761. The van der Waals surface area contributed by atoms with Gasteiger partial charge in [-0.2, -0.15) is 0 Å². The first-order valence-electron chi connectivity index (χ1n) is 8.62. The summed E-state index contributed by atoms with van der Waals surface area (Å²) in [6.07, 6.45) is 1.81. The molecule has 0 unspecified atom stereocenters. The van der Waals surface area contributed by atoms with Gasteiger partial charge in [-0.15, -0.1) is 11.3 Å². The number of thiazole rings is 1. The lowest BCUT2D eigenvalue weighted by Gasteiger charge is -2.38. The molecule has 6 nitrogen and oxygen atoms in total. The molecule has 134 valence electrons. The first kappa shape index (κ1) is 16.9. The minimum atomic E-state index is -0.255. The summed E-state index contributed by atoms with van der Waals surface area (Å²) in [5.41, 5.74) is 1.57. The number of hydrogen-bond donors (Lipinski definition) is 0. The molecule has 1 fully saturated rings. The molecule has 3 aromatic rings.